The van der Waals surface area contributed by atoms with Crippen molar-refractivity contribution in [1.29, 1.82) is 0 Å². The van der Waals surface area contributed by atoms with Crippen molar-refractivity contribution >= 4 is 12.1 Å². The van der Waals surface area contributed by atoms with Crippen LogP contribution in [0, 0.1) is 5.82 Å². The lowest BCUT2D eigenvalue weighted by atomic mass is 10.2. The predicted octanol–water partition coefficient (Wildman–Crippen LogP) is 3.09. The molecule has 0 unspecified atom stereocenters. The molecule has 0 bridgehead atoms. The van der Waals surface area contributed by atoms with Crippen molar-refractivity contribution in [2.75, 3.05) is 0 Å². The molecule has 84 valence electrons. The molecule has 1 amide bonds. The lowest BCUT2D eigenvalue weighted by molar-refractivity contribution is 0.100. The number of carbonyl (C=O) groups excluding carboxylic acids is 1. The van der Waals surface area contributed by atoms with E-state index in [-0.39, 0.29) is 11.7 Å². The van der Waals surface area contributed by atoms with Crippen molar-refractivity contribution < 1.29 is 9.18 Å². The minimum atomic E-state index is -0.310. The molecule has 0 fully saturated rings. The van der Waals surface area contributed by atoms with Crippen LogP contribution in [0.5, 0.6) is 0 Å². The number of aliphatic imine (C=N–C) groups is 1. The lowest BCUT2D eigenvalue weighted by Gasteiger charge is -1.94. The maximum Gasteiger partial charge on any atom is 0.276 e. The van der Waals surface area contributed by atoms with Crippen LogP contribution in [0.15, 0.2) is 59.6 Å². The Morgan fingerprint density at radius 2 is 1.65 bits per heavy atom. The third-order valence-electron chi connectivity index (χ3n) is 2.22. The van der Waals surface area contributed by atoms with Crippen molar-refractivity contribution in [3.63, 3.8) is 0 Å². The van der Waals surface area contributed by atoms with Gasteiger partial charge in [-0.15, -0.1) is 0 Å². The monoisotopic (exact) mass is 227 g/mol. The van der Waals surface area contributed by atoms with Crippen LogP contribution in [-0.2, 0) is 0 Å². The number of hydrogen-bond donors (Lipinski definition) is 0. The molecule has 0 aromatic heterocycles. The zero-order chi connectivity index (χ0) is 12.1. The fourth-order valence-corrected chi connectivity index (χ4v) is 1.34. The zero-order valence-corrected chi connectivity index (χ0v) is 9.01. The van der Waals surface area contributed by atoms with Crippen LogP contribution < -0.4 is 0 Å². The first-order valence-corrected chi connectivity index (χ1v) is 5.15. The van der Waals surface area contributed by atoms with E-state index in [4.69, 9.17) is 0 Å². The standard InChI is InChI=1S/C14H10FNO/c15-13-8-6-11(7-9-13)10-16-14(17)12-4-2-1-3-5-12/h1-10H. The fourth-order valence-electron chi connectivity index (χ4n) is 1.34. The van der Waals surface area contributed by atoms with Gasteiger partial charge in [-0.3, -0.25) is 4.79 Å². The molecule has 0 atom stereocenters. The lowest BCUT2D eigenvalue weighted by Crippen LogP contribution is -1.95. The molecule has 2 aromatic rings. The van der Waals surface area contributed by atoms with Crippen molar-refractivity contribution in [3.8, 4) is 0 Å². The summed E-state index contributed by atoms with van der Waals surface area (Å²) in [5.74, 6) is -0.619. The van der Waals surface area contributed by atoms with Gasteiger partial charge in [0.15, 0.2) is 0 Å². The van der Waals surface area contributed by atoms with E-state index in [2.05, 4.69) is 4.99 Å². The first-order valence-electron chi connectivity index (χ1n) is 5.15. The summed E-state index contributed by atoms with van der Waals surface area (Å²) in [6, 6.07) is 14.6. The van der Waals surface area contributed by atoms with Gasteiger partial charge in [-0.2, -0.15) is 0 Å². The Labute approximate surface area is 98.4 Å². The molecule has 0 aliphatic rings. The number of nitrogens with zero attached hydrogens (tertiary/aromatic N) is 1. The first kappa shape index (κ1) is 11.2. The number of benzene rings is 2. The zero-order valence-electron chi connectivity index (χ0n) is 9.01. The Kier molecular flexibility index (Phi) is 3.40. The molecule has 2 rings (SSSR count). The van der Waals surface area contributed by atoms with Crippen LogP contribution in [-0.4, -0.2) is 12.1 Å². The topological polar surface area (TPSA) is 29.4 Å². The van der Waals surface area contributed by atoms with E-state index in [1.54, 1.807) is 36.4 Å². The molecule has 2 aromatic carbocycles. The van der Waals surface area contributed by atoms with Gasteiger partial charge in [0.2, 0.25) is 0 Å². The van der Waals surface area contributed by atoms with E-state index in [9.17, 15) is 9.18 Å². The third-order valence-corrected chi connectivity index (χ3v) is 2.22. The summed E-state index contributed by atoms with van der Waals surface area (Å²) in [7, 11) is 0. The van der Waals surface area contributed by atoms with E-state index in [0.717, 1.165) is 0 Å². The average molecular weight is 227 g/mol. The number of hydrogen-bond acceptors (Lipinski definition) is 1. The average Bonchev–Trinajstić information content (AvgIpc) is 2.39. The molecule has 0 N–H and O–H groups in total. The Bertz CT molecular complexity index is 532. The van der Waals surface area contributed by atoms with Gasteiger partial charge in [-0.1, -0.05) is 30.3 Å². The van der Waals surface area contributed by atoms with Crippen LogP contribution in [0.25, 0.3) is 0 Å². The molecule has 3 heteroatoms. The Morgan fingerprint density at radius 1 is 1.00 bits per heavy atom. The number of amides is 1. The Hall–Kier alpha value is -2.29. The first-order chi connectivity index (χ1) is 8.25. The summed E-state index contributed by atoms with van der Waals surface area (Å²) in [5, 5.41) is 0. The molecule has 0 saturated heterocycles. The molecular weight excluding hydrogens is 217 g/mol. The van der Waals surface area contributed by atoms with E-state index >= 15 is 0 Å². The second-order valence-corrected chi connectivity index (χ2v) is 3.48. The third kappa shape index (κ3) is 3.08. The largest absolute Gasteiger partial charge is 0.276 e. The van der Waals surface area contributed by atoms with Gasteiger partial charge in [-0.25, -0.2) is 9.38 Å². The molecular formula is C14H10FNO. The molecule has 0 heterocycles. The van der Waals surface area contributed by atoms with Crippen LogP contribution in [0.4, 0.5) is 4.39 Å². The van der Waals surface area contributed by atoms with Gasteiger partial charge < -0.3 is 0 Å². The molecule has 0 aliphatic heterocycles. The van der Waals surface area contributed by atoms with Crippen LogP contribution in [0.1, 0.15) is 15.9 Å². The summed E-state index contributed by atoms with van der Waals surface area (Å²) in [6.07, 6.45) is 1.43. The van der Waals surface area contributed by atoms with Gasteiger partial charge in [0.05, 0.1) is 0 Å². The van der Waals surface area contributed by atoms with Gasteiger partial charge in [0.25, 0.3) is 5.91 Å². The minimum Gasteiger partial charge on any atom is -0.267 e. The van der Waals surface area contributed by atoms with Crippen LogP contribution in [0.2, 0.25) is 0 Å². The van der Waals surface area contributed by atoms with Gasteiger partial charge in [-0.05, 0) is 29.8 Å². The molecule has 0 aliphatic carbocycles. The van der Waals surface area contributed by atoms with E-state index in [0.29, 0.717) is 11.1 Å². The quantitative estimate of drug-likeness (QED) is 0.725. The predicted molar refractivity (Wildman–Crippen MR) is 64.8 cm³/mol. The smallest absolute Gasteiger partial charge is 0.267 e. The summed E-state index contributed by atoms with van der Waals surface area (Å²) >= 11 is 0. The number of carbonyl (C=O) groups is 1. The molecule has 0 saturated carbocycles. The molecule has 2 nitrogen and oxygen atoms in total. The van der Waals surface area contributed by atoms with Crippen LogP contribution in [0.3, 0.4) is 0 Å². The normalized spacial score (nSPS) is 10.6. The summed E-state index contributed by atoms with van der Waals surface area (Å²) in [4.78, 5) is 15.4. The Balaban J connectivity index is 2.11. The second kappa shape index (κ2) is 5.16. The number of rotatable bonds is 2. The summed E-state index contributed by atoms with van der Waals surface area (Å²) in [6.45, 7) is 0. The van der Waals surface area contributed by atoms with Gasteiger partial charge >= 0.3 is 0 Å². The van der Waals surface area contributed by atoms with E-state index < -0.39 is 0 Å². The minimum absolute atomic E-state index is 0.309. The van der Waals surface area contributed by atoms with Crippen molar-refractivity contribution in [1.82, 2.24) is 0 Å². The van der Waals surface area contributed by atoms with Crippen molar-refractivity contribution in [2.45, 2.75) is 0 Å². The highest BCUT2D eigenvalue weighted by atomic mass is 19.1. The number of halogens is 1. The fraction of sp³-hybridized carbons (Fsp3) is 0. The Morgan fingerprint density at radius 3 is 2.29 bits per heavy atom. The maximum absolute atomic E-state index is 12.6. The molecule has 0 radical (unpaired) electrons. The van der Waals surface area contributed by atoms with E-state index in [1.165, 1.54) is 18.3 Å². The van der Waals surface area contributed by atoms with Gasteiger partial charge in [0, 0.05) is 11.8 Å². The summed E-state index contributed by atoms with van der Waals surface area (Å²) < 4.78 is 12.6. The highest BCUT2D eigenvalue weighted by Gasteiger charge is 2.00. The van der Waals surface area contributed by atoms with E-state index in [1.807, 2.05) is 6.07 Å². The maximum atomic E-state index is 12.6. The van der Waals surface area contributed by atoms with Crippen LogP contribution >= 0.6 is 0 Å². The SMILES string of the molecule is O=C(N=Cc1ccc(F)cc1)c1ccccc1. The van der Waals surface area contributed by atoms with Gasteiger partial charge in [0.1, 0.15) is 5.82 Å². The molecule has 0 spiro atoms. The van der Waals surface area contributed by atoms with Crippen molar-refractivity contribution in [2.24, 2.45) is 4.99 Å². The second-order valence-electron chi connectivity index (χ2n) is 3.48. The highest BCUT2D eigenvalue weighted by Crippen LogP contribution is 2.03. The van der Waals surface area contributed by atoms with Crippen molar-refractivity contribution in [3.05, 3.63) is 71.5 Å². The summed E-state index contributed by atoms with van der Waals surface area (Å²) in [5.41, 5.74) is 1.22. The highest BCUT2D eigenvalue weighted by molar-refractivity contribution is 6.01. The molecule has 17 heavy (non-hydrogen) atoms.